The highest BCUT2D eigenvalue weighted by Gasteiger charge is 2.29. The van der Waals surface area contributed by atoms with E-state index in [1.54, 1.807) is 6.07 Å². The summed E-state index contributed by atoms with van der Waals surface area (Å²) in [7, 11) is 0.690. The maximum absolute atomic E-state index is 11.2. The van der Waals surface area contributed by atoms with Crippen LogP contribution in [0.1, 0.15) is 11.1 Å². The van der Waals surface area contributed by atoms with E-state index in [0.29, 0.717) is 0 Å². The number of nitriles is 1. The molecule has 0 aliphatic rings. The Labute approximate surface area is 106 Å². The van der Waals surface area contributed by atoms with Gasteiger partial charge in [-0.2, -0.15) is 5.26 Å². The van der Waals surface area contributed by atoms with Gasteiger partial charge in [-0.1, -0.05) is 0 Å². The van der Waals surface area contributed by atoms with E-state index in [-0.39, 0.29) is 11.4 Å². The van der Waals surface area contributed by atoms with Gasteiger partial charge in [0.15, 0.2) is 4.90 Å². The predicted molar refractivity (Wildman–Crippen MR) is 60.4 cm³/mol. The summed E-state index contributed by atoms with van der Waals surface area (Å²) < 4.78 is 22.4. The van der Waals surface area contributed by atoms with Crippen molar-refractivity contribution in [3.05, 3.63) is 33.4 Å². The molecule has 0 aromatic heterocycles. The van der Waals surface area contributed by atoms with Crippen LogP contribution in [-0.4, -0.2) is 13.3 Å². The van der Waals surface area contributed by atoms with E-state index < -0.39 is 30.1 Å². The van der Waals surface area contributed by atoms with Gasteiger partial charge in [0.2, 0.25) is 0 Å². The SMILES string of the molecule is N#Cc1cc(CCl)cc([N+](=O)[O-])c1S(=O)(=O)Cl. The van der Waals surface area contributed by atoms with Crippen molar-refractivity contribution in [3.63, 3.8) is 0 Å². The van der Waals surface area contributed by atoms with E-state index in [0.717, 1.165) is 12.1 Å². The molecule has 17 heavy (non-hydrogen) atoms. The number of nitro groups is 1. The number of nitrogens with zero attached hydrogens (tertiary/aromatic N) is 2. The molecule has 90 valence electrons. The van der Waals surface area contributed by atoms with Gasteiger partial charge in [0.05, 0.1) is 10.5 Å². The van der Waals surface area contributed by atoms with Crippen LogP contribution in [0.2, 0.25) is 0 Å². The molecule has 0 fully saturated rings. The molecule has 9 heteroatoms. The second-order valence-corrected chi connectivity index (χ2v) is 5.70. The summed E-state index contributed by atoms with van der Waals surface area (Å²) in [6, 6.07) is 3.67. The fourth-order valence-electron chi connectivity index (χ4n) is 1.22. The Balaban J connectivity index is 3.79. The minimum atomic E-state index is -4.38. The van der Waals surface area contributed by atoms with Gasteiger partial charge >= 0.3 is 0 Å². The first-order valence-corrected chi connectivity index (χ1v) is 6.87. The summed E-state index contributed by atoms with van der Waals surface area (Å²) in [4.78, 5) is 9.01. The zero-order chi connectivity index (χ0) is 13.2. The third kappa shape index (κ3) is 2.85. The van der Waals surface area contributed by atoms with Crippen molar-refractivity contribution in [2.24, 2.45) is 0 Å². The maximum atomic E-state index is 11.2. The third-order valence-corrected chi connectivity index (χ3v) is 3.53. The quantitative estimate of drug-likeness (QED) is 0.368. The van der Waals surface area contributed by atoms with Gasteiger partial charge in [-0.05, 0) is 11.6 Å². The van der Waals surface area contributed by atoms with E-state index >= 15 is 0 Å². The van der Waals surface area contributed by atoms with Crippen molar-refractivity contribution < 1.29 is 13.3 Å². The molecule has 1 rings (SSSR count). The Bertz CT molecular complexity index is 621. The number of benzene rings is 1. The first-order chi connectivity index (χ1) is 7.81. The summed E-state index contributed by atoms with van der Waals surface area (Å²) in [5.74, 6) is -0.0852. The third-order valence-electron chi connectivity index (χ3n) is 1.84. The average Bonchev–Trinajstić information content (AvgIpc) is 2.25. The highest BCUT2D eigenvalue weighted by molar-refractivity contribution is 8.13. The van der Waals surface area contributed by atoms with Crippen LogP contribution in [0.25, 0.3) is 0 Å². The lowest BCUT2D eigenvalue weighted by Crippen LogP contribution is -2.03. The maximum Gasteiger partial charge on any atom is 0.290 e. The average molecular weight is 295 g/mol. The molecule has 0 radical (unpaired) electrons. The van der Waals surface area contributed by atoms with Crippen LogP contribution in [0.5, 0.6) is 0 Å². The minimum absolute atomic E-state index is 0.0852. The molecule has 0 saturated carbocycles. The number of hydrogen-bond acceptors (Lipinski definition) is 5. The summed E-state index contributed by atoms with van der Waals surface area (Å²) >= 11 is 5.48. The minimum Gasteiger partial charge on any atom is -0.258 e. The van der Waals surface area contributed by atoms with E-state index in [2.05, 4.69) is 0 Å². The van der Waals surface area contributed by atoms with Crippen LogP contribution in [0, 0.1) is 21.4 Å². The lowest BCUT2D eigenvalue weighted by atomic mass is 10.1. The predicted octanol–water partition coefficient (Wildman–Crippen LogP) is 2.13. The van der Waals surface area contributed by atoms with Crippen molar-refractivity contribution in [2.75, 3.05) is 0 Å². The van der Waals surface area contributed by atoms with Crippen LogP contribution in [0.15, 0.2) is 17.0 Å². The van der Waals surface area contributed by atoms with E-state index in [1.165, 1.54) is 0 Å². The van der Waals surface area contributed by atoms with Crippen LogP contribution in [-0.2, 0) is 14.9 Å². The molecular formula is C8H4Cl2N2O4S. The van der Waals surface area contributed by atoms with Crippen molar-refractivity contribution >= 4 is 37.0 Å². The van der Waals surface area contributed by atoms with Crippen LogP contribution in [0.4, 0.5) is 5.69 Å². The lowest BCUT2D eigenvalue weighted by Gasteiger charge is -2.03. The molecule has 0 amide bonds. The van der Waals surface area contributed by atoms with E-state index in [9.17, 15) is 18.5 Å². The zero-order valence-electron chi connectivity index (χ0n) is 8.05. The number of alkyl halides is 1. The van der Waals surface area contributed by atoms with Gasteiger partial charge in [0, 0.05) is 22.6 Å². The second kappa shape index (κ2) is 4.87. The number of hydrogen-bond donors (Lipinski definition) is 0. The van der Waals surface area contributed by atoms with Crippen molar-refractivity contribution in [3.8, 4) is 6.07 Å². The lowest BCUT2D eigenvalue weighted by molar-refractivity contribution is -0.387. The molecule has 0 N–H and O–H groups in total. The van der Waals surface area contributed by atoms with Gasteiger partial charge in [0.1, 0.15) is 6.07 Å². The fraction of sp³-hybridized carbons (Fsp3) is 0.125. The summed E-state index contributed by atoms with van der Waals surface area (Å²) in [6.07, 6.45) is 0. The first kappa shape index (κ1) is 13.7. The highest BCUT2D eigenvalue weighted by atomic mass is 35.7. The topological polar surface area (TPSA) is 101 Å². The van der Waals surface area contributed by atoms with Gasteiger partial charge in [-0.25, -0.2) is 8.42 Å². The van der Waals surface area contributed by atoms with Crippen molar-refractivity contribution in [1.29, 1.82) is 5.26 Å². The molecule has 0 saturated heterocycles. The Kier molecular flexibility index (Phi) is 3.93. The van der Waals surface area contributed by atoms with Crippen molar-refractivity contribution in [1.82, 2.24) is 0 Å². The van der Waals surface area contributed by atoms with Gasteiger partial charge in [0.25, 0.3) is 14.7 Å². The summed E-state index contributed by atoms with van der Waals surface area (Å²) in [5, 5.41) is 19.5. The van der Waals surface area contributed by atoms with Gasteiger partial charge < -0.3 is 0 Å². The first-order valence-electron chi connectivity index (χ1n) is 4.03. The van der Waals surface area contributed by atoms with Crippen molar-refractivity contribution in [2.45, 2.75) is 10.8 Å². The largest absolute Gasteiger partial charge is 0.290 e. The summed E-state index contributed by atoms with van der Waals surface area (Å²) in [6.45, 7) is 0. The molecule has 0 heterocycles. The number of nitro benzene ring substituents is 1. The Morgan fingerprint density at radius 3 is 2.41 bits per heavy atom. The van der Waals surface area contributed by atoms with Crippen LogP contribution in [0.3, 0.4) is 0 Å². The molecular weight excluding hydrogens is 291 g/mol. The normalized spacial score (nSPS) is 10.9. The standard InChI is InChI=1S/C8H4Cl2N2O4S/c9-3-5-1-6(4-11)8(17(10,15)16)7(2-5)12(13)14/h1-2H,3H2. The number of halogens is 2. The Morgan fingerprint density at radius 2 is 2.06 bits per heavy atom. The molecule has 0 bridgehead atoms. The van der Waals surface area contributed by atoms with Crippen LogP contribution >= 0.6 is 22.3 Å². The van der Waals surface area contributed by atoms with E-state index in [1.807, 2.05) is 0 Å². The molecule has 0 spiro atoms. The van der Waals surface area contributed by atoms with Gasteiger partial charge in [-0.3, -0.25) is 10.1 Å². The molecule has 1 aromatic carbocycles. The molecule has 0 unspecified atom stereocenters. The molecule has 0 aliphatic heterocycles. The molecule has 1 aromatic rings. The van der Waals surface area contributed by atoms with E-state index in [4.69, 9.17) is 27.5 Å². The Morgan fingerprint density at radius 1 is 1.47 bits per heavy atom. The molecule has 0 atom stereocenters. The Hall–Kier alpha value is -1.36. The molecule has 0 aliphatic carbocycles. The smallest absolute Gasteiger partial charge is 0.258 e. The van der Waals surface area contributed by atoms with Gasteiger partial charge in [-0.15, -0.1) is 11.6 Å². The summed E-state index contributed by atoms with van der Waals surface area (Å²) in [5.41, 5.74) is -0.890. The second-order valence-electron chi connectivity index (χ2n) is 2.93. The monoisotopic (exact) mass is 294 g/mol. The molecule has 6 nitrogen and oxygen atoms in total. The number of rotatable bonds is 3. The highest BCUT2D eigenvalue weighted by Crippen LogP contribution is 2.31. The fourth-order valence-corrected chi connectivity index (χ4v) is 2.62. The van der Waals surface area contributed by atoms with Crippen LogP contribution < -0.4 is 0 Å². The zero-order valence-corrected chi connectivity index (χ0v) is 10.4.